The Morgan fingerprint density at radius 3 is 2.00 bits per heavy atom. The summed E-state index contributed by atoms with van der Waals surface area (Å²) in [5.74, 6) is -1.92. The van der Waals surface area contributed by atoms with Crippen molar-refractivity contribution in [3.63, 3.8) is 0 Å². The van der Waals surface area contributed by atoms with Crippen LogP contribution < -0.4 is 10.6 Å². The van der Waals surface area contributed by atoms with Crippen LogP contribution in [0.2, 0.25) is 0 Å². The molecule has 0 saturated carbocycles. The molecule has 8 nitrogen and oxygen atoms in total. The van der Waals surface area contributed by atoms with Gasteiger partial charge in [-0.05, 0) is 31.4 Å². The summed E-state index contributed by atoms with van der Waals surface area (Å²) >= 11 is 0. The smallest absolute Gasteiger partial charge is 0.262 e. The van der Waals surface area contributed by atoms with Gasteiger partial charge in [0.2, 0.25) is 11.8 Å². The van der Waals surface area contributed by atoms with Crippen LogP contribution in [0.4, 0.5) is 0 Å². The average Bonchev–Trinajstić information content (AvgIpc) is 3.13. The highest BCUT2D eigenvalue weighted by atomic mass is 16.5. The van der Waals surface area contributed by atoms with Crippen LogP contribution in [0.5, 0.6) is 0 Å². The fraction of sp³-hybridized carbons (Fsp3) is 0.474. The van der Waals surface area contributed by atoms with Crippen LogP contribution in [0.15, 0.2) is 24.3 Å². The van der Waals surface area contributed by atoms with Gasteiger partial charge in [0, 0.05) is 19.5 Å². The lowest BCUT2D eigenvalue weighted by Gasteiger charge is -2.27. The van der Waals surface area contributed by atoms with E-state index in [0.29, 0.717) is 23.3 Å². The Hall–Kier alpha value is -2.58. The number of amides is 4. The molecule has 2 bridgehead atoms. The van der Waals surface area contributed by atoms with Crippen LogP contribution in [0, 0.1) is 0 Å². The summed E-state index contributed by atoms with van der Waals surface area (Å²) in [6, 6.07) is 5.55. The Kier molecular flexibility index (Phi) is 4.75. The van der Waals surface area contributed by atoms with Gasteiger partial charge in [-0.1, -0.05) is 12.1 Å². The zero-order valence-corrected chi connectivity index (χ0v) is 14.8. The van der Waals surface area contributed by atoms with Gasteiger partial charge in [0.05, 0.1) is 23.3 Å². The Balaban J connectivity index is 0.000000186. The number of hydrogen-bond donors (Lipinski definition) is 2. The van der Waals surface area contributed by atoms with Gasteiger partial charge in [0.25, 0.3) is 11.8 Å². The minimum absolute atomic E-state index is 0.129. The first-order valence-corrected chi connectivity index (χ1v) is 9.21. The zero-order chi connectivity index (χ0) is 19.0. The standard InChI is InChI=1S/C13H10N2O4.C6H11NO/c16-10-6-5-9(11(17)14-10)15-12(18)7-3-1-2-4-8(7)13(15)19;1-2-6-4-7-3-5(1)8-6/h1-4,9H,5-6H2,(H,14,16,17);5-7H,1-4H2. The molecule has 0 aliphatic carbocycles. The maximum Gasteiger partial charge on any atom is 0.262 e. The highest BCUT2D eigenvalue weighted by molar-refractivity contribution is 6.23. The second-order valence-corrected chi connectivity index (χ2v) is 7.11. The first-order chi connectivity index (χ1) is 13.0. The quantitative estimate of drug-likeness (QED) is 0.685. The van der Waals surface area contributed by atoms with E-state index in [1.54, 1.807) is 24.3 Å². The van der Waals surface area contributed by atoms with E-state index >= 15 is 0 Å². The summed E-state index contributed by atoms with van der Waals surface area (Å²) in [6.45, 7) is 2.16. The summed E-state index contributed by atoms with van der Waals surface area (Å²) in [4.78, 5) is 48.1. The Bertz CT molecular complexity index is 759. The first-order valence-electron chi connectivity index (χ1n) is 9.21. The number of carbonyl (C=O) groups is 4. The first kappa shape index (κ1) is 17.8. The molecule has 27 heavy (non-hydrogen) atoms. The molecule has 0 radical (unpaired) electrons. The van der Waals surface area contributed by atoms with Crippen molar-refractivity contribution in [3.8, 4) is 0 Å². The number of hydrogen-bond acceptors (Lipinski definition) is 6. The van der Waals surface area contributed by atoms with E-state index in [9.17, 15) is 19.2 Å². The number of nitrogens with zero attached hydrogens (tertiary/aromatic N) is 1. The molecule has 3 fully saturated rings. The van der Waals surface area contributed by atoms with Crippen molar-refractivity contribution >= 4 is 23.6 Å². The van der Waals surface area contributed by atoms with Crippen LogP contribution in [-0.2, 0) is 14.3 Å². The molecule has 4 heterocycles. The monoisotopic (exact) mass is 371 g/mol. The summed E-state index contributed by atoms with van der Waals surface area (Å²) in [5, 5.41) is 5.47. The third-order valence-corrected chi connectivity index (χ3v) is 5.29. The molecule has 8 heteroatoms. The molecular weight excluding hydrogens is 350 g/mol. The molecule has 0 aromatic heterocycles. The fourth-order valence-electron chi connectivity index (χ4n) is 3.91. The Morgan fingerprint density at radius 1 is 0.889 bits per heavy atom. The van der Waals surface area contributed by atoms with E-state index in [1.807, 2.05) is 0 Å². The van der Waals surface area contributed by atoms with Gasteiger partial charge in [-0.3, -0.25) is 29.4 Å². The van der Waals surface area contributed by atoms with Crippen LogP contribution in [0.1, 0.15) is 46.4 Å². The number of nitrogens with one attached hydrogen (secondary N) is 2. The van der Waals surface area contributed by atoms with Gasteiger partial charge < -0.3 is 10.1 Å². The number of fused-ring (bicyclic) bond motifs is 3. The molecule has 4 aliphatic rings. The van der Waals surface area contributed by atoms with Crippen LogP contribution >= 0.6 is 0 Å². The van der Waals surface area contributed by atoms with Gasteiger partial charge >= 0.3 is 0 Å². The predicted octanol–water partition coefficient (Wildman–Crippen LogP) is 0.225. The van der Waals surface area contributed by atoms with Gasteiger partial charge in [0.15, 0.2) is 0 Å². The molecule has 142 valence electrons. The van der Waals surface area contributed by atoms with Crippen molar-refractivity contribution in [2.45, 2.75) is 43.9 Å². The van der Waals surface area contributed by atoms with Gasteiger partial charge in [0.1, 0.15) is 6.04 Å². The maximum absolute atomic E-state index is 12.2. The van der Waals surface area contributed by atoms with E-state index in [-0.39, 0.29) is 18.7 Å². The van der Waals surface area contributed by atoms with Gasteiger partial charge in [-0.25, -0.2) is 0 Å². The van der Waals surface area contributed by atoms with Crippen molar-refractivity contribution in [2.24, 2.45) is 0 Å². The molecule has 4 amide bonds. The molecular formula is C19H21N3O5. The SMILES string of the molecule is C1CC2CNCC1O2.O=C1CCC(N2C(=O)c3ccccc3C2=O)C(=O)N1. The molecule has 3 atom stereocenters. The van der Waals surface area contributed by atoms with E-state index in [4.69, 9.17) is 4.74 Å². The van der Waals surface area contributed by atoms with Crippen molar-refractivity contribution in [1.29, 1.82) is 0 Å². The van der Waals surface area contributed by atoms with E-state index < -0.39 is 23.8 Å². The average molecular weight is 371 g/mol. The number of morpholine rings is 1. The van der Waals surface area contributed by atoms with Crippen molar-refractivity contribution < 1.29 is 23.9 Å². The van der Waals surface area contributed by atoms with Crippen molar-refractivity contribution in [2.75, 3.05) is 13.1 Å². The fourth-order valence-corrected chi connectivity index (χ4v) is 3.91. The highest BCUT2D eigenvalue weighted by Gasteiger charge is 2.44. The summed E-state index contributed by atoms with van der Waals surface area (Å²) < 4.78 is 5.53. The van der Waals surface area contributed by atoms with Crippen LogP contribution in [0.25, 0.3) is 0 Å². The number of ether oxygens (including phenoxy) is 1. The maximum atomic E-state index is 12.2. The van der Waals surface area contributed by atoms with E-state index in [0.717, 1.165) is 18.0 Å². The number of imide groups is 2. The third kappa shape index (κ3) is 3.38. The number of rotatable bonds is 1. The Labute approximate surface area is 156 Å². The van der Waals surface area contributed by atoms with Crippen molar-refractivity contribution in [1.82, 2.24) is 15.5 Å². The lowest BCUT2D eigenvalue weighted by Crippen LogP contribution is -2.54. The highest BCUT2D eigenvalue weighted by Crippen LogP contribution is 2.27. The lowest BCUT2D eigenvalue weighted by atomic mass is 10.0. The van der Waals surface area contributed by atoms with Crippen molar-refractivity contribution in [3.05, 3.63) is 35.4 Å². The molecule has 2 N–H and O–H groups in total. The minimum Gasteiger partial charge on any atom is -0.372 e. The predicted molar refractivity (Wildman–Crippen MR) is 93.9 cm³/mol. The number of benzene rings is 1. The molecule has 4 aliphatic heterocycles. The second-order valence-electron chi connectivity index (χ2n) is 7.11. The zero-order valence-electron chi connectivity index (χ0n) is 14.8. The molecule has 5 rings (SSSR count). The Morgan fingerprint density at radius 2 is 1.48 bits per heavy atom. The molecule has 3 unspecified atom stereocenters. The van der Waals surface area contributed by atoms with Crippen LogP contribution in [-0.4, -0.2) is 59.9 Å². The molecule has 3 saturated heterocycles. The third-order valence-electron chi connectivity index (χ3n) is 5.29. The summed E-state index contributed by atoms with van der Waals surface area (Å²) in [6.07, 6.45) is 3.96. The topological polar surface area (TPSA) is 105 Å². The second kappa shape index (κ2) is 7.21. The molecule has 1 aromatic rings. The normalized spacial score (nSPS) is 29.2. The summed E-state index contributed by atoms with van der Waals surface area (Å²) in [5.41, 5.74) is 0.606. The van der Waals surface area contributed by atoms with Gasteiger partial charge in [-0.15, -0.1) is 0 Å². The molecule has 1 aromatic carbocycles. The van der Waals surface area contributed by atoms with Crippen LogP contribution in [0.3, 0.4) is 0 Å². The summed E-state index contributed by atoms with van der Waals surface area (Å²) in [7, 11) is 0. The van der Waals surface area contributed by atoms with E-state index in [1.165, 1.54) is 12.8 Å². The molecule has 0 spiro atoms. The van der Waals surface area contributed by atoms with Gasteiger partial charge in [-0.2, -0.15) is 0 Å². The largest absolute Gasteiger partial charge is 0.372 e. The number of piperidine rings is 1. The number of carbonyl (C=O) groups excluding carboxylic acids is 4. The lowest BCUT2D eigenvalue weighted by molar-refractivity contribution is -0.136. The minimum atomic E-state index is -0.898. The van der Waals surface area contributed by atoms with E-state index in [2.05, 4.69) is 10.6 Å².